The molecule has 1 aliphatic rings. The summed E-state index contributed by atoms with van der Waals surface area (Å²) in [7, 11) is 0. The molecule has 1 aromatic carbocycles. The number of rotatable bonds is 3. The van der Waals surface area contributed by atoms with E-state index in [0.29, 0.717) is 12.0 Å². The van der Waals surface area contributed by atoms with Gasteiger partial charge in [-0.1, -0.05) is 12.1 Å². The molecule has 0 aliphatic carbocycles. The van der Waals surface area contributed by atoms with Crippen molar-refractivity contribution < 1.29 is 14.7 Å². The number of aliphatic carboxylic acids is 1. The molecule has 102 valence electrons. The quantitative estimate of drug-likeness (QED) is 0.908. The van der Waals surface area contributed by atoms with E-state index in [9.17, 15) is 9.59 Å². The SMILES string of the molecule is CC(C(=O)O)C(C)N1CCCC(=O)c2ccccc21. The van der Waals surface area contributed by atoms with Crippen LogP contribution in [0.4, 0.5) is 5.69 Å². The molecule has 0 fully saturated rings. The van der Waals surface area contributed by atoms with Gasteiger partial charge >= 0.3 is 5.97 Å². The fraction of sp³-hybridized carbons (Fsp3) is 0.467. The normalized spacial score (nSPS) is 18.4. The molecule has 1 heterocycles. The number of hydrogen-bond donors (Lipinski definition) is 1. The average molecular weight is 261 g/mol. The smallest absolute Gasteiger partial charge is 0.308 e. The number of benzene rings is 1. The second-order valence-corrected chi connectivity index (χ2v) is 5.10. The molecule has 0 spiro atoms. The molecule has 1 aliphatic heterocycles. The minimum absolute atomic E-state index is 0.135. The number of carboxylic acids is 1. The zero-order chi connectivity index (χ0) is 14.0. The number of Topliss-reactive ketones (excluding diaryl/α,β-unsaturated/α-hetero) is 1. The van der Waals surface area contributed by atoms with Gasteiger partial charge in [0.1, 0.15) is 0 Å². The molecule has 4 heteroatoms. The third-order valence-corrected chi connectivity index (χ3v) is 3.92. The van der Waals surface area contributed by atoms with E-state index in [4.69, 9.17) is 5.11 Å². The number of carbonyl (C=O) groups excluding carboxylic acids is 1. The molecule has 1 N–H and O–H groups in total. The summed E-state index contributed by atoms with van der Waals surface area (Å²) in [5, 5.41) is 9.16. The van der Waals surface area contributed by atoms with E-state index in [2.05, 4.69) is 4.90 Å². The number of hydrogen-bond acceptors (Lipinski definition) is 3. The van der Waals surface area contributed by atoms with Gasteiger partial charge in [-0.2, -0.15) is 0 Å². The van der Waals surface area contributed by atoms with Gasteiger partial charge < -0.3 is 10.0 Å². The Morgan fingerprint density at radius 3 is 2.68 bits per heavy atom. The zero-order valence-electron chi connectivity index (χ0n) is 11.3. The Balaban J connectivity index is 2.38. The Kier molecular flexibility index (Phi) is 3.88. The molecule has 0 radical (unpaired) electrons. The third kappa shape index (κ3) is 2.62. The van der Waals surface area contributed by atoms with Gasteiger partial charge in [-0.25, -0.2) is 0 Å². The summed E-state index contributed by atoms with van der Waals surface area (Å²) in [4.78, 5) is 25.2. The van der Waals surface area contributed by atoms with E-state index < -0.39 is 11.9 Å². The first kappa shape index (κ1) is 13.6. The summed E-state index contributed by atoms with van der Waals surface area (Å²) in [6.45, 7) is 4.34. The molecule has 19 heavy (non-hydrogen) atoms. The van der Waals surface area contributed by atoms with Crippen molar-refractivity contribution in [1.29, 1.82) is 0 Å². The molecule has 4 nitrogen and oxygen atoms in total. The van der Waals surface area contributed by atoms with Crippen LogP contribution in [0.2, 0.25) is 0 Å². The van der Waals surface area contributed by atoms with Crippen LogP contribution in [0.3, 0.4) is 0 Å². The minimum atomic E-state index is -0.805. The molecule has 0 aromatic heterocycles. The predicted molar refractivity (Wildman–Crippen MR) is 73.6 cm³/mol. The summed E-state index contributed by atoms with van der Waals surface area (Å²) in [6, 6.07) is 7.34. The topological polar surface area (TPSA) is 57.6 Å². The van der Waals surface area contributed by atoms with E-state index in [0.717, 1.165) is 18.7 Å². The summed E-state index contributed by atoms with van der Waals surface area (Å²) in [5.74, 6) is -1.13. The summed E-state index contributed by atoms with van der Waals surface area (Å²) >= 11 is 0. The number of anilines is 1. The minimum Gasteiger partial charge on any atom is -0.481 e. The Labute approximate surface area is 113 Å². The Morgan fingerprint density at radius 2 is 2.00 bits per heavy atom. The number of para-hydroxylation sites is 1. The van der Waals surface area contributed by atoms with Crippen LogP contribution in [0.25, 0.3) is 0 Å². The highest BCUT2D eigenvalue weighted by Gasteiger charge is 2.29. The fourth-order valence-corrected chi connectivity index (χ4v) is 2.52. The van der Waals surface area contributed by atoms with E-state index in [-0.39, 0.29) is 11.8 Å². The van der Waals surface area contributed by atoms with Crippen molar-refractivity contribution in [1.82, 2.24) is 0 Å². The van der Waals surface area contributed by atoms with Crippen LogP contribution in [-0.2, 0) is 4.79 Å². The molecule has 2 unspecified atom stereocenters. The first-order valence-corrected chi connectivity index (χ1v) is 6.64. The lowest BCUT2D eigenvalue weighted by atomic mass is 10.0. The van der Waals surface area contributed by atoms with Crippen LogP contribution < -0.4 is 4.90 Å². The molecule has 0 bridgehead atoms. The largest absolute Gasteiger partial charge is 0.481 e. The standard InChI is InChI=1S/C15H19NO3/c1-10(15(18)19)11(2)16-9-5-8-14(17)12-6-3-4-7-13(12)16/h3-4,6-7,10-11H,5,8-9H2,1-2H3,(H,18,19). The van der Waals surface area contributed by atoms with Crippen molar-refractivity contribution in [2.24, 2.45) is 5.92 Å². The van der Waals surface area contributed by atoms with Crippen molar-refractivity contribution in [3.63, 3.8) is 0 Å². The highest BCUT2D eigenvalue weighted by molar-refractivity contribution is 6.02. The maximum absolute atomic E-state index is 12.0. The molecule has 0 saturated heterocycles. The van der Waals surface area contributed by atoms with E-state index in [1.807, 2.05) is 31.2 Å². The fourth-order valence-electron chi connectivity index (χ4n) is 2.52. The lowest BCUT2D eigenvalue weighted by Crippen LogP contribution is -2.41. The van der Waals surface area contributed by atoms with E-state index in [1.165, 1.54) is 0 Å². The van der Waals surface area contributed by atoms with Gasteiger partial charge in [0.2, 0.25) is 0 Å². The Morgan fingerprint density at radius 1 is 1.32 bits per heavy atom. The van der Waals surface area contributed by atoms with Crippen molar-refractivity contribution in [3.05, 3.63) is 29.8 Å². The molecular weight excluding hydrogens is 242 g/mol. The third-order valence-electron chi connectivity index (χ3n) is 3.92. The van der Waals surface area contributed by atoms with Crippen LogP contribution in [0, 0.1) is 5.92 Å². The van der Waals surface area contributed by atoms with Gasteiger partial charge in [0, 0.05) is 30.3 Å². The van der Waals surface area contributed by atoms with Crippen LogP contribution in [0.5, 0.6) is 0 Å². The highest BCUT2D eigenvalue weighted by atomic mass is 16.4. The van der Waals surface area contributed by atoms with Gasteiger partial charge in [-0.3, -0.25) is 9.59 Å². The summed E-state index contributed by atoms with van der Waals surface area (Å²) < 4.78 is 0. The van der Waals surface area contributed by atoms with E-state index in [1.54, 1.807) is 6.92 Å². The first-order valence-electron chi connectivity index (χ1n) is 6.64. The number of ketones is 1. The maximum Gasteiger partial charge on any atom is 0.308 e. The molecule has 2 rings (SSSR count). The molecule has 0 amide bonds. The van der Waals surface area contributed by atoms with Crippen LogP contribution in [-0.4, -0.2) is 29.4 Å². The summed E-state index contributed by atoms with van der Waals surface area (Å²) in [5.41, 5.74) is 1.58. The average Bonchev–Trinajstić information content (AvgIpc) is 2.57. The van der Waals surface area contributed by atoms with Crippen molar-refractivity contribution in [2.45, 2.75) is 32.7 Å². The Bertz CT molecular complexity index is 498. The van der Waals surface area contributed by atoms with Crippen LogP contribution in [0.15, 0.2) is 24.3 Å². The van der Waals surface area contributed by atoms with Gasteiger partial charge in [0.05, 0.1) is 5.92 Å². The molecule has 1 aromatic rings. The molecule has 2 atom stereocenters. The first-order chi connectivity index (χ1) is 9.02. The number of fused-ring (bicyclic) bond motifs is 1. The Hall–Kier alpha value is -1.84. The highest BCUT2D eigenvalue weighted by Crippen LogP contribution is 2.29. The second kappa shape index (κ2) is 5.43. The van der Waals surface area contributed by atoms with Gasteiger partial charge in [-0.05, 0) is 32.4 Å². The number of carboxylic acid groups (broad SMARTS) is 1. The van der Waals surface area contributed by atoms with Gasteiger partial charge in [-0.15, -0.1) is 0 Å². The van der Waals surface area contributed by atoms with E-state index >= 15 is 0 Å². The lowest BCUT2D eigenvalue weighted by Gasteiger charge is -2.33. The monoisotopic (exact) mass is 261 g/mol. The zero-order valence-corrected chi connectivity index (χ0v) is 11.3. The van der Waals surface area contributed by atoms with Crippen LogP contribution in [0.1, 0.15) is 37.0 Å². The maximum atomic E-state index is 12.0. The number of nitrogens with zero attached hydrogens (tertiary/aromatic N) is 1. The molecular formula is C15H19NO3. The van der Waals surface area contributed by atoms with Gasteiger partial charge in [0.15, 0.2) is 5.78 Å². The van der Waals surface area contributed by atoms with Crippen molar-refractivity contribution in [2.75, 3.05) is 11.4 Å². The van der Waals surface area contributed by atoms with Crippen molar-refractivity contribution in [3.8, 4) is 0 Å². The van der Waals surface area contributed by atoms with Gasteiger partial charge in [0.25, 0.3) is 0 Å². The lowest BCUT2D eigenvalue weighted by molar-refractivity contribution is -0.141. The van der Waals surface area contributed by atoms with Crippen molar-refractivity contribution >= 4 is 17.4 Å². The molecule has 0 saturated carbocycles. The predicted octanol–water partition coefficient (Wildman–Crippen LogP) is 2.58. The van der Waals surface area contributed by atoms with Crippen LogP contribution >= 0.6 is 0 Å². The number of carbonyl (C=O) groups is 2. The summed E-state index contributed by atoms with van der Waals surface area (Å²) in [6.07, 6.45) is 1.30. The second-order valence-electron chi connectivity index (χ2n) is 5.10.